The highest BCUT2D eigenvalue weighted by Crippen LogP contribution is 2.24. The lowest BCUT2D eigenvalue weighted by atomic mass is 9.96. The Hall–Kier alpha value is -2.80. The van der Waals surface area contributed by atoms with Crippen LogP contribution in [0.3, 0.4) is 0 Å². The smallest absolute Gasteiger partial charge is 0.265 e. The van der Waals surface area contributed by atoms with Crippen LogP contribution in [-0.2, 0) is 11.8 Å². The monoisotopic (exact) mass is 369 g/mol. The molecule has 7 heteroatoms. The van der Waals surface area contributed by atoms with Crippen LogP contribution in [0.5, 0.6) is 0 Å². The Morgan fingerprint density at radius 3 is 2.67 bits per heavy atom. The van der Waals surface area contributed by atoms with Gasteiger partial charge in [-0.15, -0.1) is 0 Å². The number of amides is 1. The molecule has 1 aromatic heterocycles. The molecule has 0 radical (unpaired) electrons. The Balaban J connectivity index is 1.64. The number of alkyl halides is 1. The standard InChI is InChI=1S/C20H24FN5O/c1-5-16(17-11-22-14(2)26(17)4)8-6-15-7-9-18(23-10-15)24-19(27)20(21)12-25(3)13-20/h5-6,8-11H,1,7,12-13H2,2-4H3,(H,24,27)/b15-6+,16-8+. The number of allylic oxidation sites excluding steroid dienone is 6. The first-order valence-corrected chi connectivity index (χ1v) is 8.77. The van der Waals surface area contributed by atoms with E-state index in [-0.39, 0.29) is 13.1 Å². The van der Waals surface area contributed by atoms with E-state index in [2.05, 4.69) is 21.9 Å². The van der Waals surface area contributed by atoms with Gasteiger partial charge in [-0.1, -0.05) is 24.8 Å². The van der Waals surface area contributed by atoms with Crippen molar-refractivity contribution in [2.45, 2.75) is 19.0 Å². The molecule has 3 rings (SSSR count). The molecule has 1 aromatic rings. The van der Waals surface area contributed by atoms with Gasteiger partial charge < -0.3 is 9.88 Å². The van der Waals surface area contributed by atoms with Crippen molar-refractivity contribution in [2.24, 2.45) is 12.0 Å². The first-order chi connectivity index (χ1) is 12.8. The summed E-state index contributed by atoms with van der Waals surface area (Å²) in [6, 6.07) is 0. The Morgan fingerprint density at radius 1 is 1.41 bits per heavy atom. The van der Waals surface area contributed by atoms with E-state index in [0.29, 0.717) is 12.2 Å². The zero-order chi connectivity index (χ0) is 19.6. The van der Waals surface area contributed by atoms with E-state index in [4.69, 9.17) is 0 Å². The summed E-state index contributed by atoms with van der Waals surface area (Å²) in [5.41, 5.74) is 1.10. The van der Waals surface area contributed by atoms with E-state index >= 15 is 0 Å². The fourth-order valence-corrected chi connectivity index (χ4v) is 3.07. The normalized spacial score (nSPS) is 21.0. The Kier molecular flexibility index (Phi) is 5.23. The highest BCUT2D eigenvalue weighted by Gasteiger charge is 2.48. The number of rotatable bonds is 5. The number of halogens is 1. The average molecular weight is 369 g/mol. The number of carbonyl (C=O) groups excluding carboxylic acids is 1. The molecule has 0 unspecified atom stereocenters. The van der Waals surface area contributed by atoms with Crippen LogP contribution in [0.1, 0.15) is 17.9 Å². The lowest BCUT2D eigenvalue weighted by Gasteiger charge is -2.40. The van der Waals surface area contributed by atoms with Crippen molar-refractivity contribution in [1.82, 2.24) is 19.8 Å². The maximum atomic E-state index is 14.3. The van der Waals surface area contributed by atoms with Crippen LogP contribution in [0, 0.1) is 6.92 Å². The number of aromatic nitrogens is 2. The van der Waals surface area contributed by atoms with Gasteiger partial charge in [0.05, 0.1) is 11.9 Å². The molecule has 1 N–H and O–H groups in total. The number of hydrogen-bond donors (Lipinski definition) is 1. The number of nitrogens with one attached hydrogen (secondary N) is 1. The van der Waals surface area contributed by atoms with Crippen molar-refractivity contribution < 1.29 is 9.18 Å². The van der Waals surface area contributed by atoms with Gasteiger partial charge in [0.1, 0.15) is 11.6 Å². The van der Waals surface area contributed by atoms with Crippen LogP contribution in [0.15, 0.2) is 53.5 Å². The molecule has 2 aliphatic rings. The summed E-state index contributed by atoms with van der Waals surface area (Å²) < 4.78 is 16.3. The minimum Gasteiger partial charge on any atom is -0.331 e. The van der Waals surface area contributed by atoms with Crippen molar-refractivity contribution in [3.63, 3.8) is 0 Å². The molecule has 3 heterocycles. The second-order valence-corrected chi connectivity index (χ2v) is 6.96. The maximum absolute atomic E-state index is 14.3. The van der Waals surface area contributed by atoms with Gasteiger partial charge in [0, 0.05) is 26.4 Å². The molecular weight excluding hydrogens is 345 g/mol. The van der Waals surface area contributed by atoms with E-state index in [9.17, 15) is 9.18 Å². The molecule has 0 spiro atoms. The summed E-state index contributed by atoms with van der Waals surface area (Å²) in [6.45, 7) is 6.04. The highest BCUT2D eigenvalue weighted by molar-refractivity contribution is 5.89. The summed E-state index contributed by atoms with van der Waals surface area (Å²) in [7, 11) is 3.73. The van der Waals surface area contributed by atoms with Crippen molar-refractivity contribution >= 4 is 17.7 Å². The molecule has 0 saturated carbocycles. The number of aryl methyl sites for hydroxylation is 1. The van der Waals surface area contributed by atoms with Crippen molar-refractivity contribution in [3.8, 4) is 0 Å². The van der Waals surface area contributed by atoms with Crippen LogP contribution in [0.2, 0.25) is 0 Å². The number of carbonyl (C=O) groups is 1. The van der Waals surface area contributed by atoms with Gasteiger partial charge in [0.2, 0.25) is 5.67 Å². The lowest BCUT2D eigenvalue weighted by molar-refractivity contribution is -0.142. The third-order valence-electron chi connectivity index (χ3n) is 4.80. The van der Waals surface area contributed by atoms with Crippen molar-refractivity contribution in [1.29, 1.82) is 0 Å². The minimum absolute atomic E-state index is 0.115. The summed E-state index contributed by atoms with van der Waals surface area (Å²) in [5, 5.41) is 2.57. The molecule has 1 amide bonds. The first kappa shape index (κ1) is 19.0. The summed E-state index contributed by atoms with van der Waals surface area (Å²) in [5.74, 6) is 0.687. The van der Waals surface area contributed by atoms with Crippen LogP contribution in [0.25, 0.3) is 5.57 Å². The third kappa shape index (κ3) is 3.98. The quantitative estimate of drug-likeness (QED) is 0.810. The van der Waals surface area contributed by atoms with E-state index in [1.807, 2.05) is 36.9 Å². The SMILES string of the molecule is C=C/C(=C\C=C1\C=NC(NC(=O)C2(F)CN(C)C2)=CC1)c1cnc(C)n1C. The van der Waals surface area contributed by atoms with Gasteiger partial charge in [-0.3, -0.25) is 9.69 Å². The third-order valence-corrected chi connectivity index (χ3v) is 4.80. The summed E-state index contributed by atoms with van der Waals surface area (Å²) in [6.07, 6.45) is 11.6. The zero-order valence-electron chi connectivity index (χ0n) is 15.9. The number of aliphatic imine (C=N–C) groups is 1. The fourth-order valence-electron chi connectivity index (χ4n) is 3.07. The Labute approximate surface area is 158 Å². The fraction of sp³-hybridized carbons (Fsp3) is 0.350. The van der Waals surface area contributed by atoms with E-state index in [1.54, 1.807) is 30.3 Å². The van der Waals surface area contributed by atoms with Gasteiger partial charge in [0.15, 0.2) is 0 Å². The Bertz CT molecular complexity index is 884. The van der Waals surface area contributed by atoms with Crippen molar-refractivity contribution in [2.75, 3.05) is 20.1 Å². The van der Waals surface area contributed by atoms with Crippen LogP contribution < -0.4 is 5.32 Å². The molecule has 2 aliphatic heterocycles. The zero-order valence-corrected chi connectivity index (χ0v) is 15.9. The number of nitrogens with zero attached hydrogens (tertiary/aromatic N) is 4. The van der Waals surface area contributed by atoms with Gasteiger partial charge in [0.25, 0.3) is 5.91 Å². The molecule has 0 atom stereocenters. The molecule has 6 nitrogen and oxygen atoms in total. The molecule has 0 bridgehead atoms. The minimum atomic E-state index is -1.82. The predicted molar refractivity (Wildman–Crippen MR) is 105 cm³/mol. The highest BCUT2D eigenvalue weighted by atomic mass is 19.1. The summed E-state index contributed by atoms with van der Waals surface area (Å²) >= 11 is 0. The van der Waals surface area contributed by atoms with E-state index in [1.165, 1.54) is 0 Å². The topological polar surface area (TPSA) is 62.5 Å². The van der Waals surface area contributed by atoms with Crippen LogP contribution >= 0.6 is 0 Å². The molecule has 1 fully saturated rings. The van der Waals surface area contributed by atoms with Gasteiger partial charge in [-0.25, -0.2) is 14.4 Å². The van der Waals surface area contributed by atoms with E-state index < -0.39 is 11.6 Å². The number of likely N-dealkylation sites (tertiary alicyclic amines) is 1. The first-order valence-electron chi connectivity index (χ1n) is 8.77. The molecule has 0 aromatic carbocycles. The summed E-state index contributed by atoms with van der Waals surface area (Å²) in [4.78, 5) is 22.3. The van der Waals surface area contributed by atoms with Crippen LogP contribution in [0.4, 0.5) is 4.39 Å². The molecular formula is C20H24FN5O. The predicted octanol–water partition coefficient (Wildman–Crippen LogP) is 2.31. The number of imidazole rings is 1. The van der Waals surface area contributed by atoms with Gasteiger partial charge in [-0.2, -0.15) is 0 Å². The largest absolute Gasteiger partial charge is 0.331 e. The van der Waals surface area contributed by atoms with Gasteiger partial charge in [-0.05, 0) is 37.6 Å². The van der Waals surface area contributed by atoms with Gasteiger partial charge >= 0.3 is 0 Å². The molecule has 27 heavy (non-hydrogen) atoms. The second-order valence-electron chi connectivity index (χ2n) is 6.96. The Morgan fingerprint density at radius 2 is 2.15 bits per heavy atom. The van der Waals surface area contributed by atoms with Crippen LogP contribution in [-0.4, -0.2) is 52.4 Å². The average Bonchev–Trinajstić information content (AvgIpc) is 2.95. The molecule has 0 aliphatic carbocycles. The maximum Gasteiger partial charge on any atom is 0.265 e. The molecule has 1 saturated heterocycles. The van der Waals surface area contributed by atoms with Crippen molar-refractivity contribution in [3.05, 3.63) is 60.0 Å². The van der Waals surface area contributed by atoms with E-state index in [0.717, 1.165) is 22.7 Å². The second kappa shape index (κ2) is 7.44. The molecule has 142 valence electrons. The lowest BCUT2D eigenvalue weighted by Crippen LogP contribution is -2.64. The number of hydrogen-bond acceptors (Lipinski definition) is 4.